The van der Waals surface area contributed by atoms with Crippen molar-refractivity contribution >= 4 is 29.3 Å². The van der Waals surface area contributed by atoms with Gasteiger partial charge in [0.15, 0.2) is 11.5 Å². The van der Waals surface area contributed by atoms with Crippen LogP contribution in [0.3, 0.4) is 0 Å². The molecule has 0 aromatic heterocycles. The van der Waals surface area contributed by atoms with Gasteiger partial charge < -0.3 is 24.3 Å². The van der Waals surface area contributed by atoms with Crippen molar-refractivity contribution in [2.45, 2.75) is 13.8 Å². The lowest BCUT2D eigenvalue weighted by Crippen LogP contribution is -2.14. The number of ether oxygens (including phenoxy) is 4. The second kappa shape index (κ2) is 11.0. The van der Waals surface area contributed by atoms with Crippen molar-refractivity contribution in [3.63, 3.8) is 0 Å². The number of methoxy groups -OCH3 is 2. The maximum Gasteiger partial charge on any atom is 0.266 e. The van der Waals surface area contributed by atoms with E-state index in [2.05, 4.69) is 5.32 Å². The van der Waals surface area contributed by atoms with E-state index in [-0.39, 0.29) is 5.57 Å². The molecule has 1 N–H and O–H groups in total. The summed E-state index contributed by atoms with van der Waals surface area (Å²) in [5.74, 6) is 1.23. The highest BCUT2D eigenvalue weighted by molar-refractivity contribution is 6.32. The second-order valence-electron chi connectivity index (χ2n) is 5.88. The first-order valence-electron chi connectivity index (χ1n) is 9.21. The average molecular weight is 431 g/mol. The van der Waals surface area contributed by atoms with Crippen LogP contribution in [0.5, 0.6) is 23.0 Å². The van der Waals surface area contributed by atoms with Crippen molar-refractivity contribution in [2.75, 3.05) is 32.8 Å². The van der Waals surface area contributed by atoms with Crippen molar-refractivity contribution < 1.29 is 23.7 Å². The van der Waals surface area contributed by atoms with Gasteiger partial charge in [-0.05, 0) is 37.6 Å². The third-order valence-corrected chi connectivity index (χ3v) is 4.26. The Labute approximate surface area is 180 Å². The Balaban J connectivity index is 2.34. The summed E-state index contributed by atoms with van der Waals surface area (Å²) < 4.78 is 21.5. The molecule has 0 aliphatic heterocycles. The van der Waals surface area contributed by atoms with E-state index in [1.54, 1.807) is 18.2 Å². The number of anilines is 1. The van der Waals surface area contributed by atoms with E-state index in [1.807, 2.05) is 19.9 Å². The number of halogens is 1. The Hall–Kier alpha value is -3.37. The molecule has 0 spiro atoms. The van der Waals surface area contributed by atoms with Crippen LogP contribution in [-0.2, 0) is 4.79 Å². The number of nitrogens with zero attached hydrogens (tertiary/aromatic N) is 1. The summed E-state index contributed by atoms with van der Waals surface area (Å²) in [5, 5.41) is 12.5. The van der Waals surface area contributed by atoms with E-state index in [1.165, 1.54) is 32.4 Å². The number of rotatable bonds is 9. The van der Waals surface area contributed by atoms with Crippen LogP contribution in [0.2, 0.25) is 5.02 Å². The Kier molecular flexibility index (Phi) is 8.39. The number of benzene rings is 2. The van der Waals surface area contributed by atoms with Gasteiger partial charge in [-0.3, -0.25) is 4.79 Å². The molecule has 2 aromatic carbocycles. The van der Waals surface area contributed by atoms with E-state index >= 15 is 0 Å². The predicted molar refractivity (Wildman–Crippen MR) is 116 cm³/mol. The number of hydrogen-bond donors (Lipinski definition) is 1. The number of carbonyl (C=O) groups is 1. The minimum atomic E-state index is -0.605. The molecule has 0 bridgehead atoms. The van der Waals surface area contributed by atoms with Crippen LogP contribution in [-0.4, -0.2) is 33.3 Å². The fourth-order valence-electron chi connectivity index (χ4n) is 2.62. The van der Waals surface area contributed by atoms with Crippen molar-refractivity contribution in [2.24, 2.45) is 0 Å². The van der Waals surface area contributed by atoms with Crippen LogP contribution in [0, 0.1) is 11.3 Å². The van der Waals surface area contributed by atoms with Gasteiger partial charge in [-0.25, -0.2) is 0 Å². The Bertz CT molecular complexity index is 982. The molecule has 158 valence electrons. The second-order valence-corrected chi connectivity index (χ2v) is 6.29. The molecule has 0 aliphatic carbocycles. The molecule has 30 heavy (non-hydrogen) atoms. The summed E-state index contributed by atoms with van der Waals surface area (Å²) in [5.41, 5.74) is 0.846. The first-order chi connectivity index (χ1) is 14.5. The highest BCUT2D eigenvalue weighted by atomic mass is 35.5. The summed E-state index contributed by atoms with van der Waals surface area (Å²) >= 11 is 6.09. The van der Waals surface area contributed by atoms with Crippen LogP contribution < -0.4 is 24.3 Å². The largest absolute Gasteiger partial charge is 0.495 e. The van der Waals surface area contributed by atoms with E-state index in [4.69, 9.17) is 30.5 Å². The minimum absolute atomic E-state index is 0.0995. The van der Waals surface area contributed by atoms with E-state index in [0.717, 1.165) is 0 Å². The fraction of sp³-hybridized carbons (Fsp3) is 0.273. The molecule has 0 heterocycles. The van der Waals surface area contributed by atoms with Crippen molar-refractivity contribution in [1.29, 1.82) is 5.26 Å². The van der Waals surface area contributed by atoms with Gasteiger partial charge in [-0.1, -0.05) is 17.7 Å². The highest BCUT2D eigenvalue weighted by Gasteiger charge is 2.16. The van der Waals surface area contributed by atoms with Crippen molar-refractivity contribution in [3.05, 3.63) is 46.5 Å². The van der Waals surface area contributed by atoms with Gasteiger partial charge >= 0.3 is 0 Å². The van der Waals surface area contributed by atoms with Gasteiger partial charge in [0.05, 0.1) is 38.1 Å². The maximum absolute atomic E-state index is 12.7. The molecule has 0 radical (unpaired) electrons. The summed E-state index contributed by atoms with van der Waals surface area (Å²) in [6.45, 7) is 4.69. The molecule has 8 heteroatoms. The molecule has 0 fully saturated rings. The first kappa shape index (κ1) is 22.9. The Morgan fingerprint density at radius 2 is 1.70 bits per heavy atom. The van der Waals surface area contributed by atoms with Crippen LogP contribution in [0.15, 0.2) is 35.9 Å². The van der Waals surface area contributed by atoms with Gasteiger partial charge in [-0.15, -0.1) is 0 Å². The van der Waals surface area contributed by atoms with E-state index in [0.29, 0.717) is 52.5 Å². The van der Waals surface area contributed by atoms with Gasteiger partial charge in [0.25, 0.3) is 5.91 Å². The molecular weight excluding hydrogens is 408 g/mol. The monoisotopic (exact) mass is 430 g/mol. The molecule has 7 nitrogen and oxygen atoms in total. The Morgan fingerprint density at radius 1 is 1.03 bits per heavy atom. The molecule has 0 aliphatic rings. The number of hydrogen-bond acceptors (Lipinski definition) is 6. The van der Waals surface area contributed by atoms with Crippen LogP contribution in [0.25, 0.3) is 6.08 Å². The molecule has 0 saturated carbocycles. The molecule has 0 saturated heterocycles. The van der Waals surface area contributed by atoms with E-state index < -0.39 is 5.91 Å². The quantitative estimate of drug-likeness (QED) is 0.458. The van der Waals surface area contributed by atoms with Crippen LogP contribution >= 0.6 is 11.6 Å². The molecular formula is C22H23ClN2O5. The Morgan fingerprint density at radius 3 is 2.30 bits per heavy atom. The minimum Gasteiger partial charge on any atom is -0.495 e. The SMILES string of the molecule is CCOc1ccc(/C=C(\C#N)C(=O)Nc2cc(OC)c(Cl)cc2OC)cc1OCC. The van der Waals surface area contributed by atoms with Crippen LogP contribution in [0.4, 0.5) is 5.69 Å². The highest BCUT2D eigenvalue weighted by Crippen LogP contribution is 2.36. The molecule has 0 atom stereocenters. The maximum atomic E-state index is 12.7. The normalized spacial score (nSPS) is 10.7. The number of nitrogens with one attached hydrogen (secondary N) is 1. The zero-order valence-corrected chi connectivity index (χ0v) is 18.0. The van der Waals surface area contributed by atoms with Gasteiger partial charge in [0, 0.05) is 12.1 Å². The van der Waals surface area contributed by atoms with Crippen LogP contribution in [0.1, 0.15) is 19.4 Å². The zero-order chi connectivity index (χ0) is 22.1. The molecule has 2 aromatic rings. The number of nitriles is 1. The van der Waals surface area contributed by atoms with Gasteiger partial charge in [0.1, 0.15) is 23.1 Å². The van der Waals surface area contributed by atoms with Gasteiger partial charge in [-0.2, -0.15) is 5.26 Å². The average Bonchev–Trinajstić information content (AvgIpc) is 2.74. The van der Waals surface area contributed by atoms with E-state index in [9.17, 15) is 10.1 Å². The fourth-order valence-corrected chi connectivity index (χ4v) is 2.85. The standard InChI is InChI=1S/C22H23ClN2O5/c1-5-29-18-8-7-14(10-21(18)30-6-2)9-15(13-24)22(26)25-17-12-19(27-3)16(23)11-20(17)28-4/h7-12H,5-6H2,1-4H3,(H,25,26)/b15-9+. The lowest BCUT2D eigenvalue weighted by atomic mass is 10.1. The number of carbonyl (C=O) groups excluding carboxylic acids is 1. The summed E-state index contributed by atoms with van der Waals surface area (Å²) in [6.07, 6.45) is 1.47. The van der Waals surface area contributed by atoms with Crippen molar-refractivity contribution in [3.8, 4) is 29.1 Å². The third kappa shape index (κ3) is 5.58. The topological polar surface area (TPSA) is 89.8 Å². The lowest BCUT2D eigenvalue weighted by Gasteiger charge is -2.13. The first-order valence-corrected chi connectivity index (χ1v) is 9.59. The summed E-state index contributed by atoms with van der Waals surface area (Å²) in [6, 6.07) is 10.2. The molecule has 2 rings (SSSR count). The summed E-state index contributed by atoms with van der Waals surface area (Å²) in [7, 11) is 2.91. The zero-order valence-electron chi connectivity index (χ0n) is 17.2. The smallest absolute Gasteiger partial charge is 0.266 e. The third-order valence-electron chi connectivity index (χ3n) is 3.97. The molecule has 0 unspecified atom stereocenters. The summed E-state index contributed by atoms with van der Waals surface area (Å²) in [4.78, 5) is 12.7. The van der Waals surface area contributed by atoms with Gasteiger partial charge in [0.2, 0.25) is 0 Å². The predicted octanol–water partition coefficient (Wildman–Crippen LogP) is 4.70. The lowest BCUT2D eigenvalue weighted by molar-refractivity contribution is -0.112. The number of amides is 1. The van der Waals surface area contributed by atoms with Crippen molar-refractivity contribution in [1.82, 2.24) is 0 Å². The molecule has 1 amide bonds.